The lowest BCUT2D eigenvalue weighted by atomic mass is 9.83. The van der Waals surface area contributed by atoms with Crippen LogP contribution in [0.4, 0.5) is 0 Å². The first-order valence-corrected chi connectivity index (χ1v) is 8.03. The predicted octanol–water partition coefficient (Wildman–Crippen LogP) is 1.92. The van der Waals surface area contributed by atoms with E-state index in [1.54, 1.807) is 7.05 Å². The second-order valence-electron chi connectivity index (χ2n) is 6.24. The molecule has 0 unspecified atom stereocenters. The van der Waals surface area contributed by atoms with E-state index in [9.17, 15) is 0 Å². The SMILES string of the molecule is CN=C(N)N1CC[C@H]2[C@@H](CCCN2Cc2ccccc2)C1. The predicted molar refractivity (Wildman–Crippen MR) is 87.1 cm³/mol. The highest BCUT2D eigenvalue weighted by Gasteiger charge is 2.36. The van der Waals surface area contributed by atoms with Crippen molar-refractivity contribution >= 4 is 5.96 Å². The Balaban J connectivity index is 1.66. The summed E-state index contributed by atoms with van der Waals surface area (Å²) in [4.78, 5) is 9.08. The zero-order valence-electron chi connectivity index (χ0n) is 12.9. The van der Waals surface area contributed by atoms with Crippen molar-refractivity contribution in [1.29, 1.82) is 0 Å². The van der Waals surface area contributed by atoms with E-state index in [0.717, 1.165) is 25.6 Å². The molecule has 2 heterocycles. The van der Waals surface area contributed by atoms with Gasteiger partial charge in [-0.3, -0.25) is 9.89 Å². The van der Waals surface area contributed by atoms with Gasteiger partial charge in [0.25, 0.3) is 0 Å². The maximum Gasteiger partial charge on any atom is 0.190 e. The molecule has 21 heavy (non-hydrogen) atoms. The normalized spacial score (nSPS) is 27.5. The molecule has 0 spiro atoms. The fourth-order valence-electron chi connectivity index (χ4n) is 3.87. The molecule has 114 valence electrons. The second-order valence-corrected chi connectivity index (χ2v) is 6.24. The minimum atomic E-state index is 0.702. The van der Waals surface area contributed by atoms with E-state index in [1.807, 2.05) is 0 Å². The van der Waals surface area contributed by atoms with Crippen molar-refractivity contribution in [1.82, 2.24) is 9.80 Å². The van der Waals surface area contributed by atoms with Crippen LogP contribution in [0.2, 0.25) is 0 Å². The molecule has 0 aromatic heterocycles. The Bertz CT molecular complexity index is 485. The fourth-order valence-corrected chi connectivity index (χ4v) is 3.87. The Morgan fingerprint density at radius 3 is 2.81 bits per heavy atom. The molecule has 0 radical (unpaired) electrons. The van der Waals surface area contributed by atoms with Gasteiger partial charge in [-0.1, -0.05) is 30.3 Å². The van der Waals surface area contributed by atoms with Gasteiger partial charge in [-0.25, -0.2) is 0 Å². The third-order valence-corrected chi connectivity index (χ3v) is 4.96. The first kappa shape index (κ1) is 14.4. The molecule has 2 aliphatic rings. The molecule has 2 fully saturated rings. The van der Waals surface area contributed by atoms with Gasteiger partial charge < -0.3 is 10.6 Å². The first-order chi connectivity index (χ1) is 10.3. The standard InChI is InChI=1S/C17H26N4/c1-19-17(18)21-11-9-16-15(13-21)8-5-10-20(16)12-14-6-3-2-4-7-14/h2-4,6-7,15-16H,5,8-13H2,1H3,(H2,18,19)/t15-,16-/m0/s1. The summed E-state index contributed by atoms with van der Waals surface area (Å²) in [5.41, 5.74) is 7.42. The summed E-state index contributed by atoms with van der Waals surface area (Å²) in [6, 6.07) is 11.5. The maximum atomic E-state index is 5.99. The molecule has 0 aliphatic carbocycles. The Hall–Kier alpha value is -1.55. The molecule has 0 saturated carbocycles. The molecule has 1 aromatic rings. The quantitative estimate of drug-likeness (QED) is 0.667. The number of guanidine groups is 1. The summed E-state index contributed by atoms with van der Waals surface area (Å²) >= 11 is 0. The van der Waals surface area contributed by atoms with E-state index < -0.39 is 0 Å². The van der Waals surface area contributed by atoms with Crippen molar-refractivity contribution in [2.24, 2.45) is 16.6 Å². The Labute approximate surface area is 127 Å². The summed E-state index contributed by atoms with van der Waals surface area (Å²) in [5.74, 6) is 1.44. The van der Waals surface area contributed by atoms with Gasteiger partial charge in [0.1, 0.15) is 0 Å². The van der Waals surface area contributed by atoms with E-state index in [-0.39, 0.29) is 0 Å². The zero-order chi connectivity index (χ0) is 14.7. The molecule has 2 saturated heterocycles. The minimum Gasteiger partial charge on any atom is -0.370 e. The van der Waals surface area contributed by atoms with E-state index >= 15 is 0 Å². The van der Waals surface area contributed by atoms with E-state index in [0.29, 0.717) is 12.0 Å². The number of rotatable bonds is 2. The lowest BCUT2D eigenvalue weighted by Crippen LogP contribution is -2.56. The molecule has 4 nitrogen and oxygen atoms in total. The highest BCUT2D eigenvalue weighted by Crippen LogP contribution is 2.31. The van der Waals surface area contributed by atoms with Gasteiger partial charge in [0.2, 0.25) is 0 Å². The van der Waals surface area contributed by atoms with Crippen LogP contribution in [0.1, 0.15) is 24.8 Å². The van der Waals surface area contributed by atoms with Crippen molar-refractivity contribution in [3.8, 4) is 0 Å². The number of piperidine rings is 2. The van der Waals surface area contributed by atoms with Crippen molar-refractivity contribution in [3.63, 3.8) is 0 Å². The number of hydrogen-bond acceptors (Lipinski definition) is 2. The average Bonchev–Trinajstić information content (AvgIpc) is 2.55. The van der Waals surface area contributed by atoms with Gasteiger partial charge in [-0.2, -0.15) is 0 Å². The summed E-state index contributed by atoms with van der Waals surface area (Å²) in [6.07, 6.45) is 3.82. The van der Waals surface area contributed by atoms with Gasteiger partial charge in [-0.05, 0) is 37.3 Å². The van der Waals surface area contributed by atoms with Crippen molar-refractivity contribution in [2.75, 3.05) is 26.7 Å². The Kier molecular flexibility index (Phi) is 4.44. The third kappa shape index (κ3) is 3.21. The van der Waals surface area contributed by atoms with Crippen LogP contribution in [0.25, 0.3) is 0 Å². The molecule has 4 heteroatoms. The highest BCUT2D eigenvalue weighted by molar-refractivity contribution is 5.78. The van der Waals surface area contributed by atoms with Crippen LogP contribution in [-0.2, 0) is 6.54 Å². The van der Waals surface area contributed by atoms with Crippen LogP contribution < -0.4 is 5.73 Å². The Morgan fingerprint density at radius 2 is 2.05 bits per heavy atom. The van der Waals surface area contributed by atoms with E-state index in [2.05, 4.69) is 45.1 Å². The summed E-state index contributed by atoms with van der Waals surface area (Å²) in [6.45, 7) is 4.42. The van der Waals surface area contributed by atoms with Gasteiger partial charge in [0, 0.05) is 32.7 Å². The number of nitrogens with zero attached hydrogens (tertiary/aromatic N) is 3. The molecular weight excluding hydrogens is 260 g/mol. The van der Waals surface area contributed by atoms with Crippen LogP contribution in [0, 0.1) is 5.92 Å². The number of benzene rings is 1. The van der Waals surface area contributed by atoms with Crippen LogP contribution in [0.15, 0.2) is 35.3 Å². The average molecular weight is 286 g/mol. The fraction of sp³-hybridized carbons (Fsp3) is 0.588. The first-order valence-electron chi connectivity index (χ1n) is 8.03. The second kappa shape index (κ2) is 6.48. The molecule has 3 rings (SSSR count). The number of aliphatic imine (C=N–C) groups is 1. The molecule has 2 N–H and O–H groups in total. The van der Waals surface area contributed by atoms with Crippen molar-refractivity contribution < 1.29 is 0 Å². The molecule has 2 atom stereocenters. The number of nitrogens with two attached hydrogens (primary N) is 1. The highest BCUT2D eigenvalue weighted by atomic mass is 15.3. The van der Waals surface area contributed by atoms with Gasteiger partial charge in [0.15, 0.2) is 5.96 Å². The number of hydrogen-bond donors (Lipinski definition) is 1. The van der Waals surface area contributed by atoms with E-state index in [1.165, 1.54) is 31.4 Å². The topological polar surface area (TPSA) is 44.9 Å². The summed E-state index contributed by atoms with van der Waals surface area (Å²) < 4.78 is 0. The van der Waals surface area contributed by atoms with Gasteiger partial charge >= 0.3 is 0 Å². The molecule has 0 amide bonds. The van der Waals surface area contributed by atoms with Crippen LogP contribution in [0.5, 0.6) is 0 Å². The third-order valence-electron chi connectivity index (χ3n) is 4.96. The largest absolute Gasteiger partial charge is 0.370 e. The maximum absolute atomic E-state index is 5.99. The molecule has 1 aromatic carbocycles. The Morgan fingerprint density at radius 1 is 1.24 bits per heavy atom. The zero-order valence-corrected chi connectivity index (χ0v) is 12.9. The molecule has 0 bridgehead atoms. The smallest absolute Gasteiger partial charge is 0.190 e. The number of likely N-dealkylation sites (tertiary alicyclic amines) is 2. The summed E-state index contributed by atoms with van der Waals surface area (Å²) in [7, 11) is 1.78. The lowest BCUT2D eigenvalue weighted by Gasteiger charge is -2.47. The van der Waals surface area contributed by atoms with Crippen LogP contribution in [-0.4, -0.2) is 48.5 Å². The van der Waals surface area contributed by atoms with Crippen LogP contribution >= 0.6 is 0 Å². The van der Waals surface area contributed by atoms with Crippen molar-refractivity contribution in [3.05, 3.63) is 35.9 Å². The van der Waals surface area contributed by atoms with Gasteiger partial charge in [0.05, 0.1) is 0 Å². The van der Waals surface area contributed by atoms with Gasteiger partial charge in [-0.15, -0.1) is 0 Å². The summed E-state index contributed by atoms with van der Waals surface area (Å²) in [5, 5.41) is 0. The molecule has 2 aliphatic heterocycles. The monoisotopic (exact) mass is 286 g/mol. The molecular formula is C17H26N4. The number of fused-ring (bicyclic) bond motifs is 1. The minimum absolute atomic E-state index is 0.702. The van der Waals surface area contributed by atoms with E-state index in [4.69, 9.17) is 5.73 Å². The van der Waals surface area contributed by atoms with Crippen molar-refractivity contribution in [2.45, 2.75) is 31.8 Å². The van der Waals surface area contributed by atoms with Crippen LogP contribution in [0.3, 0.4) is 0 Å². The lowest BCUT2D eigenvalue weighted by molar-refractivity contribution is 0.0378.